The van der Waals surface area contributed by atoms with Crippen LogP contribution in [0.3, 0.4) is 0 Å². The Kier molecular flexibility index (Phi) is 8.80. The Labute approximate surface area is 203 Å². The van der Waals surface area contributed by atoms with E-state index in [-0.39, 0.29) is 5.58 Å². The molecule has 1 saturated carbocycles. The molecule has 2 nitrogen and oxygen atoms in total. The summed E-state index contributed by atoms with van der Waals surface area (Å²) in [5.74, 6) is 0.966. The van der Waals surface area contributed by atoms with Gasteiger partial charge < -0.3 is 4.42 Å². The Balaban J connectivity index is 1.35. The third kappa shape index (κ3) is 5.73. The molecule has 1 heterocycles. The molecular weight excluding hydrogens is 423 g/mol. The number of hydrogen-bond acceptors (Lipinski definition) is 2. The molecule has 3 aromatic rings. The number of aryl methyl sites for hydroxylation is 1. The largest absolute Gasteiger partial charge is 0.419 e. The molecule has 0 bridgehead atoms. The lowest BCUT2D eigenvalue weighted by atomic mass is 9.76. The summed E-state index contributed by atoms with van der Waals surface area (Å²) in [5.41, 5.74) is 1.47. The Bertz CT molecular complexity index is 1140. The maximum Gasteiger partial charge on any atom is 0.344 e. The predicted molar refractivity (Wildman–Crippen MR) is 141 cm³/mol. The lowest BCUT2D eigenvalue weighted by Crippen LogP contribution is -2.14. The summed E-state index contributed by atoms with van der Waals surface area (Å²) in [7, 11) is 0. The van der Waals surface area contributed by atoms with Crippen molar-refractivity contribution in [1.82, 2.24) is 0 Å². The van der Waals surface area contributed by atoms with E-state index in [9.17, 15) is 9.18 Å². The van der Waals surface area contributed by atoms with Gasteiger partial charge in [-0.2, -0.15) is 0 Å². The average Bonchev–Trinajstić information content (AvgIpc) is 2.86. The second-order valence-corrected chi connectivity index (χ2v) is 10.4. The molecule has 34 heavy (non-hydrogen) atoms. The summed E-state index contributed by atoms with van der Waals surface area (Å²) >= 11 is 0. The topological polar surface area (TPSA) is 30.2 Å². The maximum absolute atomic E-state index is 14.7. The molecule has 0 N–H and O–H groups in total. The van der Waals surface area contributed by atoms with Gasteiger partial charge in [-0.05, 0) is 61.1 Å². The van der Waals surface area contributed by atoms with E-state index in [1.807, 2.05) is 25.1 Å². The molecule has 184 valence electrons. The molecule has 0 spiro atoms. The molecule has 1 fully saturated rings. The highest BCUT2D eigenvalue weighted by Crippen LogP contribution is 2.39. The molecule has 1 aliphatic carbocycles. The van der Waals surface area contributed by atoms with Crippen LogP contribution in [0.4, 0.5) is 4.39 Å². The SMILES string of the molecule is CCCCCCCCCCC1CCC(c2ccc3c(c2)c(=O)oc2c(F)c(CC)ccc23)CC1. The number of hydrogen-bond donors (Lipinski definition) is 0. The van der Waals surface area contributed by atoms with Gasteiger partial charge in [0.1, 0.15) is 0 Å². The van der Waals surface area contributed by atoms with E-state index in [2.05, 4.69) is 13.0 Å². The molecule has 3 heteroatoms. The van der Waals surface area contributed by atoms with Crippen molar-refractivity contribution in [1.29, 1.82) is 0 Å². The second-order valence-electron chi connectivity index (χ2n) is 10.4. The van der Waals surface area contributed by atoms with Crippen molar-refractivity contribution in [3.05, 3.63) is 57.7 Å². The van der Waals surface area contributed by atoms with Crippen LogP contribution >= 0.6 is 0 Å². The lowest BCUT2D eigenvalue weighted by Gasteiger charge is -2.29. The molecule has 0 radical (unpaired) electrons. The monoisotopic (exact) mass is 464 g/mol. The zero-order valence-electron chi connectivity index (χ0n) is 21.1. The fraction of sp³-hybridized carbons (Fsp3) is 0.581. The van der Waals surface area contributed by atoms with Gasteiger partial charge >= 0.3 is 5.63 Å². The Morgan fingerprint density at radius 1 is 0.824 bits per heavy atom. The Morgan fingerprint density at radius 3 is 2.21 bits per heavy atom. The van der Waals surface area contributed by atoms with Crippen molar-refractivity contribution >= 4 is 21.7 Å². The molecule has 0 unspecified atom stereocenters. The summed E-state index contributed by atoms with van der Waals surface area (Å²) in [6, 6.07) is 9.85. The van der Waals surface area contributed by atoms with E-state index in [0.717, 1.165) is 11.3 Å². The van der Waals surface area contributed by atoms with Gasteiger partial charge in [-0.3, -0.25) is 0 Å². The van der Waals surface area contributed by atoms with E-state index >= 15 is 0 Å². The molecule has 1 aromatic heterocycles. The van der Waals surface area contributed by atoms with Gasteiger partial charge in [0.25, 0.3) is 0 Å². The normalized spacial score (nSPS) is 18.7. The van der Waals surface area contributed by atoms with E-state index in [1.165, 1.54) is 89.0 Å². The van der Waals surface area contributed by atoms with Crippen molar-refractivity contribution in [2.75, 3.05) is 0 Å². The maximum atomic E-state index is 14.7. The first-order valence-electron chi connectivity index (χ1n) is 13.8. The van der Waals surface area contributed by atoms with Crippen molar-refractivity contribution < 1.29 is 8.81 Å². The van der Waals surface area contributed by atoms with Crippen LogP contribution in [-0.2, 0) is 6.42 Å². The van der Waals surface area contributed by atoms with Gasteiger partial charge in [-0.25, -0.2) is 9.18 Å². The van der Waals surface area contributed by atoms with Crippen LogP contribution in [0.5, 0.6) is 0 Å². The highest BCUT2D eigenvalue weighted by atomic mass is 19.1. The fourth-order valence-corrected chi connectivity index (χ4v) is 5.90. The van der Waals surface area contributed by atoms with Crippen LogP contribution in [0.25, 0.3) is 21.7 Å². The molecule has 0 atom stereocenters. The summed E-state index contributed by atoms with van der Waals surface area (Å²) in [4.78, 5) is 12.7. The molecular formula is C31H41FO2. The molecule has 1 aliphatic rings. The number of benzene rings is 2. The smallest absolute Gasteiger partial charge is 0.344 e. The summed E-state index contributed by atoms with van der Waals surface area (Å²) in [5, 5.41) is 2.06. The van der Waals surface area contributed by atoms with Gasteiger partial charge in [-0.15, -0.1) is 0 Å². The third-order valence-corrected chi connectivity index (χ3v) is 8.09. The van der Waals surface area contributed by atoms with Crippen molar-refractivity contribution in [2.24, 2.45) is 5.92 Å². The summed E-state index contributed by atoms with van der Waals surface area (Å²) < 4.78 is 20.2. The van der Waals surface area contributed by atoms with Crippen LogP contribution in [0.15, 0.2) is 39.5 Å². The lowest BCUT2D eigenvalue weighted by molar-refractivity contribution is 0.302. The Morgan fingerprint density at radius 2 is 1.50 bits per heavy atom. The highest BCUT2D eigenvalue weighted by molar-refractivity contribution is 6.04. The first-order valence-corrected chi connectivity index (χ1v) is 13.8. The van der Waals surface area contributed by atoms with E-state index in [1.54, 1.807) is 6.07 Å². The number of halogens is 1. The van der Waals surface area contributed by atoms with Gasteiger partial charge in [0.2, 0.25) is 0 Å². The van der Waals surface area contributed by atoms with Crippen LogP contribution < -0.4 is 5.63 Å². The van der Waals surface area contributed by atoms with Crippen molar-refractivity contribution in [3.63, 3.8) is 0 Å². The van der Waals surface area contributed by atoms with Gasteiger partial charge in [0.05, 0.1) is 5.39 Å². The molecule has 4 rings (SSSR count). The van der Waals surface area contributed by atoms with E-state index < -0.39 is 11.4 Å². The summed E-state index contributed by atoms with van der Waals surface area (Å²) in [6.45, 7) is 4.18. The standard InChI is InChI=1S/C31H41FO2/c1-3-5-6-7-8-9-10-11-12-22-13-15-24(16-14-22)25-18-19-26-27-20-17-23(4-2)29(32)30(27)34-31(33)28(26)21-25/h17-22,24H,3-16H2,1-2H3. The van der Waals surface area contributed by atoms with Gasteiger partial charge in [0.15, 0.2) is 11.4 Å². The fourth-order valence-electron chi connectivity index (χ4n) is 5.90. The minimum Gasteiger partial charge on any atom is -0.419 e. The van der Waals surface area contributed by atoms with Crippen LogP contribution in [0.2, 0.25) is 0 Å². The highest BCUT2D eigenvalue weighted by Gasteiger charge is 2.23. The number of fused-ring (bicyclic) bond motifs is 3. The second kappa shape index (κ2) is 12.0. The van der Waals surface area contributed by atoms with E-state index in [0.29, 0.717) is 28.7 Å². The minimum absolute atomic E-state index is 0.0890. The molecule has 2 aromatic carbocycles. The zero-order chi connectivity index (χ0) is 23.9. The zero-order valence-corrected chi connectivity index (χ0v) is 21.1. The first-order chi connectivity index (χ1) is 16.6. The molecule has 0 amide bonds. The number of unbranched alkanes of at least 4 members (excludes halogenated alkanes) is 7. The number of rotatable bonds is 11. The van der Waals surface area contributed by atoms with Crippen molar-refractivity contribution in [3.8, 4) is 0 Å². The van der Waals surface area contributed by atoms with Crippen LogP contribution in [0, 0.1) is 11.7 Å². The van der Waals surface area contributed by atoms with Crippen molar-refractivity contribution in [2.45, 2.75) is 110 Å². The summed E-state index contributed by atoms with van der Waals surface area (Å²) in [6.07, 6.45) is 18.0. The Hall–Kier alpha value is -2.16. The van der Waals surface area contributed by atoms with Gasteiger partial charge in [0, 0.05) is 10.8 Å². The third-order valence-electron chi connectivity index (χ3n) is 8.09. The van der Waals surface area contributed by atoms with E-state index in [4.69, 9.17) is 4.42 Å². The first kappa shape index (κ1) is 24.9. The predicted octanol–water partition coefficient (Wildman–Crippen LogP) is 9.45. The van der Waals surface area contributed by atoms with Crippen LogP contribution in [0.1, 0.15) is 114 Å². The molecule has 0 aliphatic heterocycles. The molecule has 0 saturated heterocycles. The average molecular weight is 465 g/mol. The van der Waals surface area contributed by atoms with Gasteiger partial charge in [-0.1, -0.05) is 95.9 Å². The van der Waals surface area contributed by atoms with Crippen LogP contribution in [-0.4, -0.2) is 0 Å². The quantitative estimate of drug-likeness (QED) is 0.161. The minimum atomic E-state index is -0.431.